The van der Waals surface area contributed by atoms with Gasteiger partial charge in [-0.05, 0) is 12.8 Å². The quantitative estimate of drug-likeness (QED) is 0.128. The maximum Gasteiger partial charge on any atom is -0.0253 e. The van der Waals surface area contributed by atoms with Gasteiger partial charge in [-0.2, -0.15) is 72.5 Å². The number of hydrogen-bond acceptors (Lipinski definition) is 0. The van der Waals surface area contributed by atoms with E-state index >= 15 is 0 Å². The SMILES string of the molecule is Cl.Cl.[CH2-]CC.[CH2-]CC.[SiH2]=[Ti].[c-]1cccc2c1Cc1ccccc1-2.[c-]1cccc2c1Cc1ccccc1-2. The molecule has 0 spiro atoms. The van der Waals surface area contributed by atoms with E-state index in [2.05, 4.69) is 98.8 Å². The number of halogens is 2. The van der Waals surface area contributed by atoms with E-state index in [0.29, 0.717) is 0 Å². The van der Waals surface area contributed by atoms with E-state index in [1.165, 1.54) is 44.5 Å². The summed E-state index contributed by atoms with van der Waals surface area (Å²) in [6.45, 7) is 11.0. The molecule has 0 atom stereocenters. The van der Waals surface area contributed by atoms with Crippen LogP contribution in [-0.4, -0.2) is 7.63 Å². The van der Waals surface area contributed by atoms with Crippen LogP contribution in [0.5, 0.6) is 0 Å². The van der Waals surface area contributed by atoms with E-state index in [9.17, 15) is 0 Å². The zero-order valence-electron chi connectivity index (χ0n) is 21.3. The Kier molecular flexibility index (Phi) is 18.6. The zero-order valence-corrected chi connectivity index (χ0v) is 26.0. The van der Waals surface area contributed by atoms with Crippen molar-refractivity contribution in [2.45, 2.75) is 39.5 Å². The van der Waals surface area contributed by atoms with Crippen molar-refractivity contribution in [3.05, 3.63) is 133 Å². The first kappa shape index (κ1) is 34.4. The van der Waals surface area contributed by atoms with E-state index in [-0.39, 0.29) is 24.8 Å². The van der Waals surface area contributed by atoms with Gasteiger partial charge in [-0.25, -0.2) is 0 Å². The molecule has 6 rings (SSSR count). The van der Waals surface area contributed by atoms with Crippen molar-refractivity contribution in [2.24, 2.45) is 0 Å². The number of hydrogen-bond donors (Lipinski definition) is 0. The summed E-state index contributed by atoms with van der Waals surface area (Å²) in [6.07, 6.45) is 4.10. The summed E-state index contributed by atoms with van der Waals surface area (Å²) < 4.78 is 0. The molecular formula is C32H36Cl2SiTi-4. The first-order valence-corrected chi connectivity index (χ1v) is 15.8. The molecule has 0 radical (unpaired) electrons. The van der Waals surface area contributed by atoms with Gasteiger partial charge in [0.1, 0.15) is 0 Å². The van der Waals surface area contributed by atoms with Crippen LogP contribution in [0.1, 0.15) is 48.9 Å². The van der Waals surface area contributed by atoms with Crippen molar-refractivity contribution in [1.29, 1.82) is 0 Å². The molecule has 0 nitrogen and oxygen atoms in total. The largest absolute Gasteiger partial charge is 0.179 e. The summed E-state index contributed by atoms with van der Waals surface area (Å²) in [4.78, 5) is 0. The number of rotatable bonds is 0. The second-order valence-electron chi connectivity index (χ2n) is 7.79. The van der Waals surface area contributed by atoms with Gasteiger partial charge in [0, 0.05) is 0 Å². The van der Waals surface area contributed by atoms with Crippen LogP contribution in [0.25, 0.3) is 22.3 Å². The Hall–Kier alpha value is -1.61. The minimum Gasteiger partial charge on any atom is -0.179 e. The molecule has 2 aliphatic carbocycles. The van der Waals surface area contributed by atoms with Crippen LogP contribution in [0.3, 0.4) is 0 Å². The van der Waals surface area contributed by atoms with Crippen molar-refractivity contribution >= 4 is 32.4 Å². The minimum absolute atomic E-state index is 0. The van der Waals surface area contributed by atoms with Crippen molar-refractivity contribution < 1.29 is 19.2 Å². The summed E-state index contributed by atoms with van der Waals surface area (Å²) in [6, 6.07) is 36.2. The first-order valence-electron chi connectivity index (χ1n) is 11.8. The topological polar surface area (TPSA) is 0 Å². The van der Waals surface area contributed by atoms with E-state index < -0.39 is 0 Å². The molecule has 190 valence electrons. The van der Waals surface area contributed by atoms with Gasteiger partial charge in [0.05, 0.1) is 0 Å². The molecule has 4 heteroatoms. The molecule has 0 fully saturated rings. The third-order valence-electron chi connectivity index (χ3n) is 5.23. The standard InChI is InChI=1S/2C13H9.2C3H7.2ClH.H2Si.Ti/c2*1-3-7-12-10(5-1)9-11-6-2-4-8-13(11)12;2*1-3-2;;;;/h2*1-5,7-8H,9H2;2*1,3H2,2H3;2*1H;1H2;/q4*-1;;;;. The Balaban J connectivity index is 0.000000509. The van der Waals surface area contributed by atoms with Gasteiger partial charge in [-0.1, -0.05) is 84.6 Å². The Labute approximate surface area is 245 Å². The van der Waals surface area contributed by atoms with Crippen molar-refractivity contribution in [3.63, 3.8) is 0 Å². The maximum atomic E-state index is 3.49. The summed E-state index contributed by atoms with van der Waals surface area (Å²) in [5, 5.41) is 0. The smallest absolute Gasteiger partial charge is 0.0253 e. The summed E-state index contributed by atoms with van der Waals surface area (Å²) in [5.41, 5.74) is 11.0. The maximum absolute atomic E-state index is 3.49. The first-order chi connectivity index (χ1) is 16.7. The Morgan fingerprint density at radius 2 is 0.917 bits per heavy atom. The van der Waals surface area contributed by atoms with Crippen molar-refractivity contribution in [1.82, 2.24) is 0 Å². The second kappa shape index (κ2) is 19.5. The molecule has 4 aromatic carbocycles. The fourth-order valence-corrected chi connectivity index (χ4v) is 4.00. The summed E-state index contributed by atoms with van der Waals surface area (Å²) >= 11 is 2.03. The van der Waals surface area contributed by atoms with Gasteiger partial charge in [-0.15, -0.1) is 35.9 Å². The molecule has 0 heterocycles. The molecular weight excluding hydrogens is 531 g/mol. The minimum atomic E-state index is 0. The molecule has 0 saturated carbocycles. The fourth-order valence-electron chi connectivity index (χ4n) is 4.00. The average molecular weight is 567 g/mol. The van der Waals surface area contributed by atoms with Gasteiger partial charge < -0.3 is 13.8 Å². The van der Waals surface area contributed by atoms with Crippen LogP contribution in [0.4, 0.5) is 0 Å². The molecule has 0 saturated heterocycles. The van der Waals surface area contributed by atoms with Gasteiger partial charge >= 0.3 is 26.8 Å². The second-order valence-corrected chi connectivity index (χ2v) is 7.79. The normalized spacial score (nSPS) is 9.97. The van der Waals surface area contributed by atoms with E-state index in [1.807, 2.05) is 52.8 Å². The Morgan fingerprint density at radius 1 is 0.611 bits per heavy atom. The number of benzene rings is 4. The molecule has 2 aliphatic rings. The van der Waals surface area contributed by atoms with Crippen LogP contribution in [0.2, 0.25) is 0 Å². The van der Waals surface area contributed by atoms with Crippen LogP contribution in [0, 0.1) is 26.0 Å². The van der Waals surface area contributed by atoms with Crippen LogP contribution >= 0.6 is 24.8 Å². The number of fused-ring (bicyclic) bond motifs is 6. The molecule has 0 aromatic heterocycles. The molecule has 4 aromatic rings. The van der Waals surface area contributed by atoms with Gasteiger partial charge in [0.25, 0.3) is 0 Å². The van der Waals surface area contributed by atoms with Gasteiger partial charge in [0.15, 0.2) is 0 Å². The molecule has 0 aliphatic heterocycles. The van der Waals surface area contributed by atoms with E-state index in [4.69, 9.17) is 0 Å². The van der Waals surface area contributed by atoms with Crippen LogP contribution < -0.4 is 0 Å². The Morgan fingerprint density at radius 3 is 1.28 bits per heavy atom. The summed E-state index contributed by atoms with van der Waals surface area (Å²) in [7, 11) is 1.86. The van der Waals surface area contributed by atoms with E-state index in [1.54, 1.807) is 0 Å². The van der Waals surface area contributed by atoms with E-state index in [0.717, 1.165) is 25.7 Å². The van der Waals surface area contributed by atoms with Crippen molar-refractivity contribution in [2.75, 3.05) is 0 Å². The van der Waals surface area contributed by atoms with Gasteiger partial charge in [-0.3, -0.25) is 0 Å². The van der Waals surface area contributed by atoms with Crippen molar-refractivity contribution in [3.8, 4) is 22.3 Å². The zero-order chi connectivity index (χ0) is 24.8. The summed E-state index contributed by atoms with van der Waals surface area (Å²) in [5.74, 6) is 0. The third kappa shape index (κ3) is 9.36. The Bertz CT molecular complexity index is 982. The average Bonchev–Trinajstić information content (AvgIpc) is 3.45. The molecule has 36 heavy (non-hydrogen) atoms. The third-order valence-corrected chi connectivity index (χ3v) is 5.23. The molecule has 0 amide bonds. The van der Waals surface area contributed by atoms with Crippen LogP contribution in [0.15, 0.2) is 84.9 Å². The predicted molar refractivity (Wildman–Crippen MR) is 161 cm³/mol. The monoisotopic (exact) mass is 566 g/mol. The van der Waals surface area contributed by atoms with Crippen LogP contribution in [-0.2, 0) is 32.0 Å². The molecule has 0 N–H and O–H groups in total. The fraction of sp³-hybridized carbons (Fsp3) is 0.188. The van der Waals surface area contributed by atoms with Gasteiger partial charge in [0.2, 0.25) is 0 Å². The predicted octanol–water partition coefficient (Wildman–Crippen LogP) is 8.50. The molecule has 0 unspecified atom stereocenters. The molecule has 0 bridgehead atoms.